The summed E-state index contributed by atoms with van der Waals surface area (Å²) >= 11 is 0. The predicted octanol–water partition coefficient (Wildman–Crippen LogP) is -0.107. The SMILES string of the molecule is COc1cc(-c2c(C(=O)O)c(N)[nH]c(=O)c2C(=O)O)ccc1OCC(N)=O. The third kappa shape index (κ3) is 3.81. The lowest BCUT2D eigenvalue weighted by Crippen LogP contribution is -2.24. The van der Waals surface area contributed by atoms with Gasteiger partial charge in [-0.1, -0.05) is 6.07 Å². The Labute approximate surface area is 151 Å². The van der Waals surface area contributed by atoms with Crippen LogP contribution in [0.1, 0.15) is 20.7 Å². The lowest BCUT2D eigenvalue weighted by atomic mass is 9.95. The van der Waals surface area contributed by atoms with Crippen LogP contribution in [0.2, 0.25) is 0 Å². The van der Waals surface area contributed by atoms with Crippen LogP contribution in [0.5, 0.6) is 11.5 Å². The van der Waals surface area contributed by atoms with Crippen molar-refractivity contribution in [1.82, 2.24) is 4.98 Å². The highest BCUT2D eigenvalue weighted by Crippen LogP contribution is 2.36. The van der Waals surface area contributed by atoms with Gasteiger partial charge < -0.3 is 36.1 Å². The summed E-state index contributed by atoms with van der Waals surface area (Å²) in [4.78, 5) is 48.0. The highest BCUT2D eigenvalue weighted by atomic mass is 16.5. The van der Waals surface area contributed by atoms with Crippen LogP contribution in [0.15, 0.2) is 23.0 Å². The topological polar surface area (TPSA) is 195 Å². The minimum atomic E-state index is -1.64. The summed E-state index contributed by atoms with van der Waals surface area (Å²) in [6.45, 7) is -0.436. The molecule has 0 spiro atoms. The van der Waals surface area contributed by atoms with Gasteiger partial charge in [0.1, 0.15) is 16.9 Å². The Hall–Kier alpha value is -4.02. The number of nitrogens with two attached hydrogens (primary N) is 2. The van der Waals surface area contributed by atoms with Gasteiger partial charge in [0.2, 0.25) is 0 Å². The van der Waals surface area contributed by atoms with Gasteiger partial charge in [0.15, 0.2) is 18.1 Å². The average Bonchev–Trinajstić information content (AvgIpc) is 2.58. The molecule has 0 radical (unpaired) electrons. The number of benzene rings is 1. The third-order valence-corrected chi connectivity index (χ3v) is 3.49. The smallest absolute Gasteiger partial charge is 0.342 e. The second-order valence-corrected chi connectivity index (χ2v) is 5.22. The van der Waals surface area contributed by atoms with E-state index >= 15 is 0 Å². The van der Waals surface area contributed by atoms with Gasteiger partial charge in [0, 0.05) is 5.56 Å². The number of rotatable bonds is 7. The fraction of sp³-hybridized carbons (Fsp3) is 0.125. The van der Waals surface area contributed by atoms with Crippen LogP contribution in [0.25, 0.3) is 11.1 Å². The Morgan fingerprint density at radius 2 is 1.74 bits per heavy atom. The molecular weight excluding hydrogens is 362 g/mol. The lowest BCUT2D eigenvalue weighted by Gasteiger charge is -2.15. The fourth-order valence-corrected chi connectivity index (χ4v) is 2.43. The highest BCUT2D eigenvalue weighted by Gasteiger charge is 2.27. The molecule has 2 aromatic rings. The Kier molecular flexibility index (Phi) is 5.34. The molecule has 0 fully saturated rings. The first-order chi connectivity index (χ1) is 12.7. The summed E-state index contributed by atoms with van der Waals surface area (Å²) in [5.41, 5.74) is 7.78. The third-order valence-electron chi connectivity index (χ3n) is 3.49. The van der Waals surface area contributed by atoms with Crippen LogP contribution < -0.4 is 26.5 Å². The van der Waals surface area contributed by atoms with Gasteiger partial charge in [0.05, 0.1) is 7.11 Å². The van der Waals surface area contributed by atoms with Gasteiger partial charge in [-0.25, -0.2) is 9.59 Å². The van der Waals surface area contributed by atoms with Gasteiger partial charge in [-0.2, -0.15) is 0 Å². The molecule has 7 N–H and O–H groups in total. The number of aromatic amines is 1. The largest absolute Gasteiger partial charge is 0.493 e. The molecule has 0 saturated heterocycles. The van der Waals surface area contributed by atoms with E-state index in [4.69, 9.17) is 20.9 Å². The molecule has 0 atom stereocenters. The van der Waals surface area contributed by atoms with Crippen molar-refractivity contribution < 1.29 is 34.1 Å². The van der Waals surface area contributed by atoms with Crippen molar-refractivity contribution in [2.45, 2.75) is 0 Å². The highest BCUT2D eigenvalue weighted by molar-refractivity contribution is 6.07. The monoisotopic (exact) mass is 377 g/mol. The van der Waals surface area contributed by atoms with Crippen molar-refractivity contribution >= 4 is 23.7 Å². The number of ether oxygens (including phenoxy) is 2. The molecule has 0 aliphatic carbocycles. The van der Waals surface area contributed by atoms with E-state index in [1.807, 2.05) is 4.98 Å². The number of carboxylic acids is 2. The fourth-order valence-electron chi connectivity index (χ4n) is 2.43. The number of H-pyrrole nitrogens is 1. The number of methoxy groups -OCH3 is 1. The molecule has 142 valence electrons. The van der Waals surface area contributed by atoms with E-state index in [0.29, 0.717) is 0 Å². The number of nitrogen functional groups attached to an aromatic ring is 1. The molecule has 1 amide bonds. The number of pyridine rings is 1. The number of primary amides is 1. The Bertz CT molecular complexity index is 996. The summed E-state index contributed by atoms with van der Waals surface area (Å²) in [6.07, 6.45) is 0. The quantitative estimate of drug-likeness (QED) is 0.437. The molecule has 0 unspecified atom stereocenters. The number of hydrogen-bond acceptors (Lipinski definition) is 7. The molecule has 0 saturated carbocycles. The normalized spacial score (nSPS) is 10.3. The van der Waals surface area contributed by atoms with E-state index in [0.717, 1.165) is 0 Å². The van der Waals surface area contributed by atoms with Crippen molar-refractivity contribution in [3.8, 4) is 22.6 Å². The van der Waals surface area contributed by atoms with E-state index in [9.17, 15) is 29.4 Å². The Morgan fingerprint density at radius 1 is 1.11 bits per heavy atom. The number of hydrogen-bond donors (Lipinski definition) is 5. The second-order valence-electron chi connectivity index (χ2n) is 5.22. The zero-order valence-electron chi connectivity index (χ0n) is 13.9. The summed E-state index contributed by atoms with van der Waals surface area (Å²) in [5, 5.41) is 18.8. The van der Waals surface area contributed by atoms with E-state index in [-0.39, 0.29) is 17.1 Å². The predicted molar refractivity (Wildman–Crippen MR) is 92.1 cm³/mol. The molecule has 0 bridgehead atoms. The van der Waals surface area contributed by atoms with Crippen molar-refractivity contribution in [1.29, 1.82) is 0 Å². The van der Waals surface area contributed by atoms with Gasteiger partial charge in [0.25, 0.3) is 11.5 Å². The van der Waals surface area contributed by atoms with Crippen LogP contribution in [0.4, 0.5) is 5.82 Å². The maximum absolute atomic E-state index is 12.0. The van der Waals surface area contributed by atoms with E-state index in [1.54, 1.807) is 0 Å². The number of carboxylic acid groups (broad SMARTS) is 2. The molecule has 11 heteroatoms. The lowest BCUT2D eigenvalue weighted by molar-refractivity contribution is -0.119. The average molecular weight is 377 g/mol. The first kappa shape index (κ1) is 19.3. The van der Waals surface area contributed by atoms with Crippen LogP contribution >= 0.6 is 0 Å². The molecule has 0 aliphatic heterocycles. The van der Waals surface area contributed by atoms with E-state index in [1.165, 1.54) is 25.3 Å². The van der Waals surface area contributed by atoms with Crippen LogP contribution in [0.3, 0.4) is 0 Å². The van der Waals surface area contributed by atoms with E-state index < -0.39 is 52.5 Å². The Morgan fingerprint density at radius 3 is 2.26 bits per heavy atom. The van der Waals surface area contributed by atoms with Crippen LogP contribution in [-0.2, 0) is 4.79 Å². The molecule has 1 aromatic heterocycles. The van der Waals surface area contributed by atoms with Crippen molar-refractivity contribution in [3.63, 3.8) is 0 Å². The van der Waals surface area contributed by atoms with Crippen molar-refractivity contribution in [3.05, 3.63) is 39.7 Å². The zero-order chi connectivity index (χ0) is 20.3. The number of carbonyl (C=O) groups excluding carboxylic acids is 1. The van der Waals surface area contributed by atoms with Crippen LogP contribution in [0, 0.1) is 0 Å². The van der Waals surface area contributed by atoms with E-state index in [2.05, 4.69) is 0 Å². The standard InChI is InChI=1S/C16H15N3O8/c1-26-8-4-6(2-3-7(8)27-5-9(17)20)10-11(15(22)23)13(18)19-14(21)12(10)16(24)25/h2-4H,5H2,1H3,(H2,17,20)(H,22,23)(H,24,25)(H3,18,19,21). The minimum Gasteiger partial charge on any atom is -0.493 e. The number of anilines is 1. The van der Waals surface area contributed by atoms with Gasteiger partial charge >= 0.3 is 11.9 Å². The summed E-state index contributed by atoms with van der Waals surface area (Å²) in [5.74, 6) is -4.24. The van der Waals surface area contributed by atoms with Gasteiger partial charge in [-0.3, -0.25) is 9.59 Å². The van der Waals surface area contributed by atoms with Gasteiger partial charge in [-0.05, 0) is 17.7 Å². The maximum atomic E-state index is 12.0. The molecular formula is C16H15N3O8. The number of nitrogens with one attached hydrogen (secondary N) is 1. The summed E-state index contributed by atoms with van der Waals surface area (Å²) in [6, 6.07) is 3.86. The summed E-state index contributed by atoms with van der Waals surface area (Å²) < 4.78 is 10.3. The number of aromatic nitrogens is 1. The zero-order valence-corrected chi connectivity index (χ0v) is 13.9. The molecule has 27 heavy (non-hydrogen) atoms. The van der Waals surface area contributed by atoms with Crippen LogP contribution in [-0.4, -0.2) is 46.8 Å². The second kappa shape index (κ2) is 7.47. The molecule has 2 rings (SSSR count). The number of amides is 1. The number of carbonyl (C=O) groups is 3. The summed E-state index contributed by atoms with van der Waals surface area (Å²) in [7, 11) is 1.28. The Balaban J connectivity index is 2.77. The molecule has 11 nitrogen and oxygen atoms in total. The molecule has 1 aromatic carbocycles. The number of aromatic carboxylic acids is 2. The minimum absolute atomic E-state index is 0.0332. The molecule has 1 heterocycles. The first-order valence-corrected chi connectivity index (χ1v) is 7.29. The molecule has 0 aliphatic rings. The van der Waals surface area contributed by atoms with Crippen molar-refractivity contribution in [2.75, 3.05) is 19.5 Å². The van der Waals surface area contributed by atoms with Gasteiger partial charge in [-0.15, -0.1) is 0 Å². The maximum Gasteiger partial charge on any atom is 0.342 e. The van der Waals surface area contributed by atoms with Crippen molar-refractivity contribution in [2.24, 2.45) is 5.73 Å². The first-order valence-electron chi connectivity index (χ1n) is 7.29.